The summed E-state index contributed by atoms with van der Waals surface area (Å²) in [7, 11) is 0. The molecule has 2 nitrogen and oxygen atoms in total. The van der Waals surface area contributed by atoms with Gasteiger partial charge in [-0.25, -0.2) is 0 Å². The van der Waals surface area contributed by atoms with Crippen LogP contribution in [-0.2, 0) is 4.79 Å². The maximum atomic E-state index is 12.5. The van der Waals surface area contributed by atoms with E-state index in [4.69, 9.17) is 0 Å². The molecule has 0 aromatic rings. The van der Waals surface area contributed by atoms with Crippen molar-refractivity contribution in [2.24, 2.45) is 5.92 Å². The predicted octanol–water partition coefficient (Wildman–Crippen LogP) is 3.02. The third-order valence-electron chi connectivity index (χ3n) is 2.98. The molecule has 16 heavy (non-hydrogen) atoms. The minimum absolute atomic E-state index is 0.0406. The monoisotopic (exact) mass is 237 g/mol. The first-order valence-electron chi connectivity index (χ1n) is 5.79. The second kappa shape index (κ2) is 5.55. The Labute approximate surface area is 93.6 Å². The zero-order chi connectivity index (χ0) is 12.2. The van der Waals surface area contributed by atoms with Crippen LogP contribution in [0.25, 0.3) is 0 Å². The molecule has 1 rings (SSSR count). The molecule has 1 aliphatic carbocycles. The quantitative estimate of drug-likeness (QED) is 0.803. The van der Waals surface area contributed by atoms with E-state index < -0.39 is 12.1 Å². The molecule has 0 radical (unpaired) electrons. The Morgan fingerprint density at radius 2 is 2.06 bits per heavy atom. The minimum atomic E-state index is -4.12. The highest BCUT2D eigenvalue weighted by Gasteiger charge is 2.42. The molecule has 0 aromatic carbocycles. The number of carbonyl (C=O) groups excluding carboxylic acids is 1. The van der Waals surface area contributed by atoms with Crippen molar-refractivity contribution in [3.63, 3.8) is 0 Å². The molecular formula is C11H18F3NO. The van der Waals surface area contributed by atoms with Crippen molar-refractivity contribution in [1.29, 1.82) is 0 Å². The fourth-order valence-electron chi connectivity index (χ4n) is 2.15. The lowest BCUT2D eigenvalue weighted by Crippen LogP contribution is -2.41. The predicted molar refractivity (Wildman–Crippen MR) is 54.9 cm³/mol. The molecule has 0 heterocycles. The van der Waals surface area contributed by atoms with Crippen molar-refractivity contribution in [1.82, 2.24) is 5.32 Å². The second-order valence-corrected chi connectivity index (χ2v) is 4.42. The van der Waals surface area contributed by atoms with E-state index in [1.807, 2.05) is 6.92 Å². The Balaban J connectivity index is 2.42. The van der Waals surface area contributed by atoms with Crippen LogP contribution >= 0.6 is 0 Å². The fourth-order valence-corrected chi connectivity index (χ4v) is 2.15. The zero-order valence-corrected chi connectivity index (χ0v) is 9.44. The Morgan fingerprint density at radius 3 is 2.62 bits per heavy atom. The normalized spacial score (nSPS) is 26.5. The summed E-state index contributed by atoms with van der Waals surface area (Å²) in [4.78, 5) is 11.3. The SMILES string of the molecule is CCCC(=O)N[C@@H]1CCC[C@H](C(F)(F)F)C1. The highest BCUT2D eigenvalue weighted by atomic mass is 19.4. The van der Waals surface area contributed by atoms with Gasteiger partial charge in [-0.05, 0) is 25.7 Å². The van der Waals surface area contributed by atoms with Crippen LogP contribution in [0.1, 0.15) is 45.4 Å². The summed E-state index contributed by atoms with van der Waals surface area (Å²) >= 11 is 0. The van der Waals surface area contributed by atoms with Gasteiger partial charge in [0.15, 0.2) is 0 Å². The van der Waals surface area contributed by atoms with Gasteiger partial charge in [-0.2, -0.15) is 13.2 Å². The molecule has 0 aliphatic heterocycles. The van der Waals surface area contributed by atoms with E-state index in [0.29, 0.717) is 19.3 Å². The van der Waals surface area contributed by atoms with Gasteiger partial charge < -0.3 is 5.32 Å². The van der Waals surface area contributed by atoms with Crippen molar-refractivity contribution < 1.29 is 18.0 Å². The first-order chi connectivity index (χ1) is 7.43. The Hall–Kier alpha value is -0.740. The van der Waals surface area contributed by atoms with Crippen LogP contribution in [0, 0.1) is 5.92 Å². The van der Waals surface area contributed by atoms with Crippen LogP contribution in [0.3, 0.4) is 0 Å². The summed E-state index contributed by atoms with van der Waals surface area (Å²) in [5, 5.41) is 2.68. The molecular weight excluding hydrogens is 219 g/mol. The molecule has 5 heteroatoms. The minimum Gasteiger partial charge on any atom is -0.353 e. The summed E-state index contributed by atoms with van der Waals surface area (Å²) in [6.07, 6.45) is -1.55. The Morgan fingerprint density at radius 1 is 1.38 bits per heavy atom. The van der Waals surface area contributed by atoms with Gasteiger partial charge in [0.05, 0.1) is 5.92 Å². The van der Waals surface area contributed by atoms with E-state index in [1.165, 1.54) is 0 Å². The average Bonchev–Trinajstić information content (AvgIpc) is 2.17. The maximum absolute atomic E-state index is 12.5. The highest BCUT2D eigenvalue weighted by Crippen LogP contribution is 2.37. The number of hydrogen-bond acceptors (Lipinski definition) is 1. The van der Waals surface area contributed by atoms with Crippen molar-refractivity contribution in [3.8, 4) is 0 Å². The third kappa shape index (κ3) is 4.02. The number of nitrogens with one attached hydrogen (secondary N) is 1. The van der Waals surface area contributed by atoms with Crippen LogP contribution in [0.15, 0.2) is 0 Å². The van der Waals surface area contributed by atoms with Gasteiger partial charge in [0.25, 0.3) is 0 Å². The third-order valence-corrected chi connectivity index (χ3v) is 2.98. The van der Waals surface area contributed by atoms with Crippen LogP contribution in [-0.4, -0.2) is 18.1 Å². The van der Waals surface area contributed by atoms with E-state index in [-0.39, 0.29) is 24.8 Å². The Kier molecular flexibility index (Phi) is 4.62. The number of halogens is 3. The van der Waals surface area contributed by atoms with Crippen molar-refractivity contribution in [3.05, 3.63) is 0 Å². The lowest BCUT2D eigenvalue weighted by molar-refractivity contribution is -0.184. The van der Waals surface area contributed by atoms with Crippen LogP contribution in [0.5, 0.6) is 0 Å². The van der Waals surface area contributed by atoms with Gasteiger partial charge in [-0.3, -0.25) is 4.79 Å². The van der Waals surface area contributed by atoms with Gasteiger partial charge in [-0.1, -0.05) is 13.3 Å². The standard InChI is InChI=1S/C11H18F3NO/c1-2-4-10(16)15-9-6-3-5-8(7-9)11(12,13)14/h8-9H,2-7H2,1H3,(H,15,16)/t8-,9+/m0/s1. The summed E-state index contributed by atoms with van der Waals surface area (Å²) in [6, 6.07) is -0.292. The van der Waals surface area contributed by atoms with Crippen LogP contribution < -0.4 is 5.32 Å². The molecule has 0 unspecified atom stereocenters. The molecule has 1 amide bonds. The van der Waals surface area contributed by atoms with E-state index in [0.717, 1.165) is 6.42 Å². The fraction of sp³-hybridized carbons (Fsp3) is 0.909. The summed E-state index contributed by atoms with van der Waals surface area (Å²) < 4.78 is 37.5. The molecule has 1 fully saturated rings. The number of rotatable bonds is 3. The molecule has 0 spiro atoms. The molecule has 1 aliphatic rings. The zero-order valence-electron chi connectivity index (χ0n) is 9.44. The molecule has 0 saturated heterocycles. The van der Waals surface area contributed by atoms with E-state index in [2.05, 4.69) is 5.32 Å². The van der Waals surface area contributed by atoms with Gasteiger partial charge in [-0.15, -0.1) is 0 Å². The molecule has 94 valence electrons. The smallest absolute Gasteiger partial charge is 0.353 e. The Bertz CT molecular complexity index is 240. The molecule has 1 saturated carbocycles. The molecule has 0 aromatic heterocycles. The van der Waals surface area contributed by atoms with E-state index >= 15 is 0 Å². The maximum Gasteiger partial charge on any atom is 0.391 e. The number of amides is 1. The van der Waals surface area contributed by atoms with E-state index in [9.17, 15) is 18.0 Å². The number of alkyl halides is 3. The largest absolute Gasteiger partial charge is 0.391 e. The molecule has 1 N–H and O–H groups in total. The topological polar surface area (TPSA) is 29.1 Å². The molecule has 0 bridgehead atoms. The van der Waals surface area contributed by atoms with Crippen molar-refractivity contribution in [2.75, 3.05) is 0 Å². The second-order valence-electron chi connectivity index (χ2n) is 4.42. The van der Waals surface area contributed by atoms with Gasteiger partial charge in [0, 0.05) is 12.5 Å². The van der Waals surface area contributed by atoms with Crippen LogP contribution in [0.4, 0.5) is 13.2 Å². The van der Waals surface area contributed by atoms with Crippen molar-refractivity contribution >= 4 is 5.91 Å². The lowest BCUT2D eigenvalue weighted by atomic mass is 9.85. The molecule has 2 atom stereocenters. The summed E-state index contributed by atoms with van der Waals surface area (Å²) in [5.74, 6) is -1.37. The first kappa shape index (κ1) is 13.3. The first-order valence-corrected chi connectivity index (χ1v) is 5.79. The number of hydrogen-bond donors (Lipinski definition) is 1. The summed E-state index contributed by atoms with van der Waals surface area (Å²) in [6.45, 7) is 1.87. The van der Waals surface area contributed by atoms with Crippen molar-refractivity contribution in [2.45, 2.75) is 57.7 Å². The van der Waals surface area contributed by atoms with Gasteiger partial charge in [0.1, 0.15) is 0 Å². The van der Waals surface area contributed by atoms with Crippen LogP contribution in [0.2, 0.25) is 0 Å². The average molecular weight is 237 g/mol. The lowest BCUT2D eigenvalue weighted by Gasteiger charge is -2.31. The summed E-state index contributed by atoms with van der Waals surface area (Å²) in [5.41, 5.74) is 0. The number of carbonyl (C=O) groups is 1. The van der Waals surface area contributed by atoms with E-state index in [1.54, 1.807) is 0 Å². The van der Waals surface area contributed by atoms with Gasteiger partial charge >= 0.3 is 6.18 Å². The van der Waals surface area contributed by atoms with Gasteiger partial charge in [0.2, 0.25) is 5.91 Å². The highest BCUT2D eigenvalue weighted by molar-refractivity contribution is 5.76.